The Hall–Kier alpha value is -1.61. The fourth-order valence-corrected chi connectivity index (χ4v) is 3.04. The van der Waals surface area contributed by atoms with Gasteiger partial charge in [0.05, 0.1) is 5.92 Å². The summed E-state index contributed by atoms with van der Waals surface area (Å²) in [6, 6.07) is 14.2. The third-order valence-corrected chi connectivity index (χ3v) is 4.40. The van der Waals surface area contributed by atoms with E-state index in [1.165, 1.54) is 0 Å². The molecule has 1 aliphatic heterocycles. The molecule has 0 fully saturated rings. The smallest absolute Gasteiger partial charge is 0.232 e. The van der Waals surface area contributed by atoms with Crippen LogP contribution in [0.3, 0.4) is 0 Å². The van der Waals surface area contributed by atoms with Crippen LogP contribution in [0.15, 0.2) is 46.9 Å². The van der Waals surface area contributed by atoms with Crippen molar-refractivity contribution in [2.45, 2.75) is 19.3 Å². The molecular formula is C16H14BrNO. The van der Waals surface area contributed by atoms with Gasteiger partial charge in [0.25, 0.3) is 0 Å². The van der Waals surface area contributed by atoms with Gasteiger partial charge in [-0.1, -0.05) is 52.3 Å². The molecule has 3 heteroatoms. The molecule has 0 radical (unpaired) electrons. The predicted octanol–water partition coefficient (Wildman–Crippen LogP) is 4.04. The summed E-state index contributed by atoms with van der Waals surface area (Å²) in [7, 11) is 0. The third kappa shape index (κ3) is 2.19. The van der Waals surface area contributed by atoms with Crippen molar-refractivity contribution in [1.82, 2.24) is 0 Å². The number of fused-ring (bicyclic) bond motifs is 1. The maximum Gasteiger partial charge on any atom is 0.232 e. The third-order valence-electron chi connectivity index (χ3n) is 3.63. The number of para-hydroxylation sites is 1. The van der Waals surface area contributed by atoms with Crippen LogP contribution in [0.25, 0.3) is 0 Å². The first-order valence-electron chi connectivity index (χ1n) is 6.30. The van der Waals surface area contributed by atoms with Gasteiger partial charge in [-0.25, -0.2) is 0 Å². The van der Waals surface area contributed by atoms with Crippen LogP contribution in [-0.4, -0.2) is 5.91 Å². The molecule has 2 aromatic rings. The van der Waals surface area contributed by atoms with Crippen LogP contribution < -0.4 is 5.32 Å². The van der Waals surface area contributed by atoms with Crippen LogP contribution in [0.2, 0.25) is 0 Å². The van der Waals surface area contributed by atoms with Crippen LogP contribution in [-0.2, 0) is 11.2 Å². The quantitative estimate of drug-likeness (QED) is 0.890. The summed E-state index contributed by atoms with van der Waals surface area (Å²) >= 11 is 3.55. The highest BCUT2D eigenvalue weighted by molar-refractivity contribution is 9.10. The van der Waals surface area contributed by atoms with E-state index in [0.29, 0.717) is 0 Å². The highest BCUT2D eigenvalue weighted by atomic mass is 79.9. The Labute approximate surface area is 121 Å². The zero-order valence-corrected chi connectivity index (χ0v) is 12.2. The fraction of sp³-hybridized carbons (Fsp3) is 0.188. The number of carbonyl (C=O) groups is 1. The van der Waals surface area contributed by atoms with Gasteiger partial charge < -0.3 is 5.32 Å². The molecule has 2 aromatic carbocycles. The molecule has 1 heterocycles. The summed E-state index contributed by atoms with van der Waals surface area (Å²) in [5.41, 5.74) is 4.39. The standard InChI is InChI=1S/C16H14BrNO/c1-10-5-4-7-12-13(16(19)18-15(10)12)9-11-6-2-3-8-14(11)17/h2-8,13H,9H2,1H3,(H,18,19)/t13-/m0/s1. The van der Waals surface area contributed by atoms with Crippen molar-refractivity contribution in [3.63, 3.8) is 0 Å². The average molecular weight is 316 g/mol. The summed E-state index contributed by atoms with van der Waals surface area (Å²) < 4.78 is 1.06. The van der Waals surface area contributed by atoms with E-state index in [4.69, 9.17) is 0 Å². The van der Waals surface area contributed by atoms with E-state index in [1.54, 1.807) is 0 Å². The minimum atomic E-state index is -0.0893. The Morgan fingerprint density at radius 3 is 2.74 bits per heavy atom. The summed E-state index contributed by atoms with van der Waals surface area (Å²) in [6.07, 6.45) is 0.726. The van der Waals surface area contributed by atoms with Crippen molar-refractivity contribution < 1.29 is 4.79 Å². The van der Waals surface area contributed by atoms with Gasteiger partial charge in [-0.3, -0.25) is 4.79 Å². The molecular weight excluding hydrogens is 302 g/mol. The van der Waals surface area contributed by atoms with Crippen molar-refractivity contribution in [2.24, 2.45) is 0 Å². The number of aryl methyl sites for hydroxylation is 1. The van der Waals surface area contributed by atoms with Crippen LogP contribution in [0.1, 0.15) is 22.6 Å². The number of benzene rings is 2. The van der Waals surface area contributed by atoms with E-state index in [9.17, 15) is 4.79 Å². The lowest BCUT2D eigenvalue weighted by molar-refractivity contribution is -0.117. The Morgan fingerprint density at radius 2 is 1.95 bits per heavy atom. The second-order valence-corrected chi connectivity index (χ2v) is 5.73. The maximum atomic E-state index is 12.2. The number of nitrogens with one attached hydrogen (secondary N) is 1. The Kier molecular flexibility index (Phi) is 3.15. The van der Waals surface area contributed by atoms with Gasteiger partial charge in [0.2, 0.25) is 5.91 Å². The minimum absolute atomic E-state index is 0.0893. The molecule has 0 bridgehead atoms. The number of halogens is 1. The van der Waals surface area contributed by atoms with Crippen molar-refractivity contribution >= 4 is 27.5 Å². The summed E-state index contributed by atoms with van der Waals surface area (Å²) in [5.74, 6) is 0.00801. The predicted molar refractivity (Wildman–Crippen MR) is 80.4 cm³/mol. The molecule has 0 saturated carbocycles. The lowest BCUT2D eigenvalue weighted by atomic mass is 9.92. The van der Waals surface area contributed by atoms with E-state index in [0.717, 1.165) is 33.3 Å². The highest BCUT2D eigenvalue weighted by Gasteiger charge is 2.31. The number of carbonyl (C=O) groups excluding carboxylic acids is 1. The normalized spacial score (nSPS) is 17.2. The van der Waals surface area contributed by atoms with Crippen LogP contribution in [0.4, 0.5) is 5.69 Å². The van der Waals surface area contributed by atoms with Gasteiger partial charge in [-0.05, 0) is 36.1 Å². The van der Waals surface area contributed by atoms with E-state index < -0.39 is 0 Å². The number of anilines is 1. The molecule has 96 valence electrons. The lowest BCUT2D eigenvalue weighted by Crippen LogP contribution is -2.14. The Bertz CT molecular complexity index is 651. The van der Waals surface area contributed by atoms with Gasteiger partial charge in [0, 0.05) is 10.2 Å². The molecule has 1 atom stereocenters. The summed E-state index contributed by atoms with van der Waals surface area (Å²) in [4.78, 5) is 12.2. The SMILES string of the molecule is Cc1cccc2c1NC(=O)[C@H]2Cc1ccccc1Br. The molecule has 0 unspecified atom stereocenters. The molecule has 19 heavy (non-hydrogen) atoms. The highest BCUT2D eigenvalue weighted by Crippen LogP contribution is 2.37. The van der Waals surface area contributed by atoms with E-state index in [-0.39, 0.29) is 11.8 Å². The molecule has 0 aromatic heterocycles. The first-order valence-corrected chi connectivity index (χ1v) is 7.10. The number of hydrogen-bond donors (Lipinski definition) is 1. The monoisotopic (exact) mass is 315 g/mol. The van der Waals surface area contributed by atoms with Crippen LogP contribution in [0.5, 0.6) is 0 Å². The van der Waals surface area contributed by atoms with E-state index in [1.807, 2.05) is 43.3 Å². The number of rotatable bonds is 2. The molecule has 1 N–H and O–H groups in total. The lowest BCUT2D eigenvalue weighted by Gasteiger charge is -2.10. The summed E-state index contributed by atoms with van der Waals surface area (Å²) in [5, 5.41) is 3.00. The van der Waals surface area contributed by atoms with Gasteiger partial charge in [-0.15, -0.1) is 0 Å². The first kappa shape index (κ1) is 12.4. The molecule has 1 amide bonds. The van der Waals surface area contributed by atoms with Crippen molar-refractivity contribution in [3.05, 3.63) is 63.6 Å². The van der Waals surface area contributed by atoms with Gasteiger partial charge >= 0.3 is 0 Å². The molecule has 0 saturated heterocycles. The van der Waals surface area contributed by atoms with Gasteiger partial charge in [0.15, 0.2) is 0 Å². The fourth-order valence-electron chi connectivity index (χ4n) is 2.59. The number of hydrogen-bond acceptors (Lipinski definition) is 1. The van der Waals surface area contributed by atoms with Crippen molar-refractivity contribution in [3.8, 4) is 0 Å². The van der Waals surface area contributed by atoms with E-state index in [2.05, 4.69) is 27.3 Å². The zero-order chi connectivity index (χ0) is 13.4. The van der Waals surface area contributed by atoms with Crippen molar-refractivity contribution in [2.75, 3.05) is 5.32 Å². The Morgan fingerprint density at radius 1 is 1.16 bits per heavy atom. The summed E-state index contributed by atoms with van der Waals surface area (Å²) in [6.45, 7) is 2.03. The molecule has 2 nitrogen and oxygen atoms in total. The van der Waals surface area contributed by atoms with Gasteiger partial charge in [-0.2, -0.15) is 0 Å². The Balaban J connectivity index is 1.97. The first-order chi connectivity index (χ1) is 9.16. The molecule has 0 aliphatic carbocycles. The largest absolute Gasteiger partial charge is 0.325 e. The molecule has 1 aliphatic rings. The topological polar surface area (TPSA) is 29.1 Å². The molecule has 3 rings (SSSR count). The van der Waals surface area contributed by atoms with Crippen LogP contribution >= 0.6 is 15.9 Å². The van der Waals surface area contributed by atoms with Crippen molar-refractivity contribution in [1.29, 1.82) is 0 Å². The second kappa shape index (κ2) is 4.82. The van der Waals surface area contributed by atoms with E-state index >= 15 is 0 Å². The maximum absolute atomic E-state index is 12.2. The average Bonchev–Trinajstić information content (AvgIpc) is 2.71. The molecule has 0 spiro atoms. The van der Waals surface area contributed by atoms with Gasteiger partial charge in [0.1, 0.15) is 0 Å². The van der Waals surface area contributed by atoms with Crippen LogP contribution in [0, 0.1) is 6.92 Å². The number of amides is 1. The zero-order valence-electron chi connectivity index (χ0n) is 10.6. The minimum Gasteiger partial charge on any atom is -0.325 e. The second-order valence-electron chi connectivity index (χ2n) is 4.88.